The van der Waals surface area contributed by atoms with E-state index in [9.17, 15) is 4.79 Å². The number of pyridine rings is 1. The fourth-order valence-electron chi connectivity index (χ4n) is 3.11. The number of nitrogens with one attached hydrogen (secondary N) is 3. The molecule has 0 saturated heterocycles. The number of carbonyl (C=O) groups is 1. The quantitative estimate of drug-likeness (QED) is 0.372. The van der Waals surface area contributed by atoms with Crippen LogP contribution in [0.3, 0.4) is 0 Å². The van der Waals surface area contributed by atoms with Gasteiger partial charge in [0.15, 0.2) is 5.75 Å². The van der Waals surface area contributed by atoms with Crippen LogP contribution in [-0.4, -0.2) is 26.4 Å². The SMILES string of the molecule is O=COc1ccnc2c(Nc3nc4ccc(Oc5ccccc5)cc4[nH]3)c[nH]c12. The van der Waals surface area contributed by atoms with Gasteiger partial charge >= 0.3 is 0 Å². The summed E-state index contributed by atoms with van der Waals surface area (Å²) in [5.74, 6) is 2.44. The smallest absolute Gasteiger partial charge is 0.298 e. The molecule has 0 radical (unpaired) electrons. The molecule has 0 spiro atoms. The highest BCUT2D eigenvalue weighted by molar-refractivity contribution is 5.94. The predicted molar refractivity (Wildman–Crippen MR) is 109 cm³/mol. The maximum atomic E-state index is 10.7. The molecule has 2 aromatic carbocycles. The lowest BCUT2D eigenvalue weighted by atomic mass is 10.3. The molecule has 0 unspecified atom stereocenters. The number of rotatable bonds is 6. The Morgan fingerprint density at radius 3 is 2.79 bits per heavy atom. The third-order valence-electron chi connectivity index (χ3n) is 4.39. The first-order valence-corrected chi connectivity index (χ1v) is 8.86. The van der Waals surface area contributed by atoms with E-state index in [-0.39, 0.29) is 0 Å². The minimum absolute atomic E-state index is 0.386. The lowest BCUT2D eigenvalue weighted by Crippen LogP contribution is -1.93. The molecule has 0 amide bonds. The number of hydrogen-bond acceptors (Lipinski definition) is 6. The summed E-state index contributed by atoms with van der Waals surface area (Å²) >= 11 is 0. The van der Waals surface area contributed by atoms with Gasteiger partial charge in [0.25, 0.3) is 6.47 Å². The average Bonchev–Trinajstić information content (AvgIpc) is 3.33. The van der Waals surface area contributed by atoms with E-state index in [4.69, 9.17) is 9.47 Å². The van der Waals surface area contributed by atoms with Crippen LogP contribution in [0.1, 0.15) is 0 Å². The molecule has 3 aromatic heterocycles. The molecule has 0 bridgehead atoms. The Labute approximate surface area is 164 Å². The van der Waals surface area contributed by atoms with Crippen LogP contribution in [0.15, 0.2) is 67.0 Å². The van der Waals surface area contributed by atoms with Gasteiger partial charge in [0.05, 0.1) is 16.7 Å². The highest BCUT2D eigenvalue weighted by Crippen LogP contribution is 2.31. The number of aromatic nitrogens is 4. The summed E-state index contributed by atoms with van der Waals surface area (Å²) in [6.07, 6.45) is 3.32. The zero-order chi connectivity index (χ0) is 19.6. The third kappa shape index (κ3) is 3.23. The molecule has 29 heavy (non-hydrogen) atoms. The first-order chi connectivity index (χ1) is 14.3. The number of fused-ring (bicyclic) bond motifs is 2. The zero-order valence-corrected chi connectivity index (χ0v) is 15.0. The number of carbonyl (C=O) groups excluding carboxylic acids is 1. The molecule has 3 heterocycles. The van der Waals surface area contributed by atoms with Crippen LogP contribution in [-0.2, 0) is 4.79 Å². The highest BCUT2D eigenvalue weighted by Gasteiger charge is 2.12. The number of H-pyrrole nitrogens is 2. The van der Waals surface area contributed by atoms with E-state index < -0.39 is 0 Å². The number of anilines is 2. The lowest BCUT2D eigenvalue weighted by Gasteiger charge is -2.04. The van der Waals surface area contributed by atoms with Crippen LogP contribution in [0.4, 0.5) is 11.6 Å². The van der Waals surface area contributed by atoms with E-state index in [0.717, 1.165) is 16.8 Å². The van der Waals surface area contributed by atoms with E-state index >= 15 is 0 Å². The molecule has 0 saturated carbocycles. The standard InChI is InChI=1S/C21H15N5O3/c27-12-28-18-8-9-22-19-17(11-23-20(18)19)26-21-24-15-7-6-14(10-16(15)25-21)29-13-4-2-1-3-5-13/h1-12,23H,(H2,24,25,26). The van der Waals surface area contributed by atoms with E-state index in [1.54, 1.807) is 18.5 Å². The molecule has 8 nitrogen and oxygen atoms in total. The van der Waals surface area contributed by atoms with Crippen molar-refractivity contribution in [1.82, 2.24) is 19.9 Å². The first-order valence-electron chi connectivity index (χ1n) is 8.86. The summed E-state index contributed by atoms with van der Waals surface area (Å²) in [4.78, 5) is 25.8. The van der Waals surface area contributed by atoms with Crippen molar-refractivity contribution in [2.45, 2.75) is 0 Å². The minimum atomic E-state index is 0.386. The van der Waals surface area contributed by atoms with Gasteiger partial charge in [-0.2, -0.15) is 0 Å². The van der Waals surface area contributed by atoms with Gasteiger partial charge in [-0.15, -0.1) is 0 Å². The van der Waals surface area contributed by atoms with E-state index in [1.165, 1.54) is 0 Å². The Kier molecular flexibility index (Phi) is 4.06. The van der Waals surface area contributed by atoms with Gasteiger partial charge in [0, 0.05) is 24.5 Å². The van der Waals surface area contributed by atoms with Gasteiger partial charge in [-0.05, 0) is 24.3 Å². The number of nitrogens with zero attached hydrogens (tertiary/aromatic N) is 2. The van der Waals surface area contributed by atoms with Crippen molar-refractivity contribution >= 4 is 40.2 Å². The number of aromatic amines is 2. The molecule has 0 aliphatic rings. The van der Waals surface area contributed by atoms with Gasteiger partial charge in [-0.1, -0.05) is 18.2 Å². The van der Waals surface area contributed by atoms with E-state index in [1.807, 2.05) is 48.5 Å². The Bertz CT molecular complexity index is 1310. The molecular formula is C21H15N5O3. The van der Waals surface area contributed by atoms with E-state index in [0.29, 0.717) is 40.6 Å². The molecule has 0 atom stereocenters. The monoisotopic (exact) mass is 385 g/mol. The van der Waals surface area contributed by atoms with Crippen LogP contribution in [0.5, 0.6) is 17.2 Å². The minimum Gasteiger partial charge on any atom is -0.457 e. The topological polar surface area (TPSA) is 105 Å². The molecule has 142 valence electrons. The van der Waals surface area contributed by atoms with Crippen LogP contribution in [0.2, 0.25) is 0 Å². The summed E-state index contributed by atoms with van der Waals surface area (Å²) < 4.78 is 10.8. The Balaban J connectivity index is 1.43. The summed E-state index contributed by atoms with van der Waals surface area (Å²) in [5.41, 5.74) is 3.59. The van der Waals surface area contributed by atoms with Crippen molar-refractivity contribution in [3.8, 4) is 17.2 Å². The molecule has 0 fully saturated rings. The largest absolute Gasteiger partial charge is 0.457 e. The Morgan fingerprint density at radius 2 is 1.93 bits per heavy atom. The zero-order valence-electron chi connectivity index (χ0n) is 15.0. The Hall–Kier alpha value is -4.33. The fraction of sp³-hybridized carbons (Fsp3) is 0. The van der Waals surface area contributed by atoms with Crippen molar-refractivity contribution in [2.24, 2.45) is 0 Å². The molecule has 8 heteroatoms. The van der Waals surface area contributed by atoms with Gasteiger partial charge in [0.2, 0.25) is 5.95 Å². The van der Waals surface area contributed by atoms with Crippen molar-refractivity contribution < 1.29 is 14.3 Å². The third-order valence-corrected chi connectivity index (χ3v) is 4.39. The second-order valence-corrected chi connectivity index (χ2v) is 6.25. The molecule has 0 aliphatic heterocycles. The van der Waals surface area contributed by atoms with Gasteiger partial charge in [-0.3, -0.25) is 9.78 Å². The molecule has 5 rings (SSSR count). The van der Waals surface area contributed by atoms with Crippen LogP contribution >= 0.6 is 0 Å². The predicted octanol–water partition coefficient (Wildman–Crippen LogP) is 4.51. The van der Waals surface area contributed by atoms with Crippen molar-refractivity contribution in [3.05, 3.63) is 67.0 Å². The maximum Gasteiger partial charge on any atom is 0.298 e. The molecule has 0 aliphatic carbocycles. The lowest BCUT2D eigenvalue weighted by molar-refractivity contribution is -0.120. The van der Waals surface area contributed by atoms with Crippen molar-refractivity contribution in [1.29, 1.82) is 0 Å². The summed E-state index contributed by atoms with van der Waals surface area (Å²) in [6, 6.07) is 16.9. The van der Waals surface area contributed by atoms with Crippen molar-refractivity contribution in [3.63, 3.8) is 0 Å². The van der Waals surface area contributed by atoms with Crippen LogP contribution < -0.4 is 14.8 Å². The normalized spacial score (nSPS) is 10.9. The average molecular weight is 385 g/mol. The van der Waals surface area contributed by atoms with Gasteiger partial charge < -0.3 is 24.8 Å². The Morgan fingerprint density at radius 1 is 1.03 bits per heavy atom. The second kappa shape index (κ2) is 7.01. The highest BCUT2D eigenvalue weighted by atomic mass is 16.5. The molecule has 5 aromatic rings. The fourth-order valence-corrected chi connectivity index (χ4v) is 3.11. The number of hydrogen-bond donors (Lipinski definition) is 3. The van der Waals surface area contributed by atoms with Crippen LogP contribution in [0, 0.1) is 0 Å². The molecule has 3 N–H and O–H groups in total. The number of ether oxygens (including phenoxy) is 2. The van der Waals surface area contributed by atoms with E-state index in [2.05, 4.69) is 25.3 Å². The number of para-hydroxylation sites is 1. The number of imidazole rings is 1. The molecular weight excluding hydrogens is 370 g/mol. The second-order valence-electron chi connectivity index (χ2n) is 6.25. The summed E-state index contributed by atoms with van der Waals surface area (Å²) in [5, 5.41) is 3.21. The van der Waals surface area contributed by atoms with Gasteiger partial charge in [-0.25, -0.2) is 4.98 Å². The summed E-state index contributed by atoms with van der Waals surface area (Å²) in [6.45, 7) is 0.386. The van der Waals surface area contributed by atoms with Crippen LogP contribution in [0.25, 0.3) is 22.1 Å². The number of benzene rings is 2. The maximum absolute atomic E-state index is 10.7. The summed E-state index contributed by atoms with van der Waals surface area (Å²) in [7, 11) is 0. The van der Waals surface area contributed by atoms with Gasteiger partial charge in [0.1, 0.15) is 22.5 Å². The first kappa shape index (κ1) is 16.8. The van der Waals surface area contributed by atoms with Crippen molar-refractivity contribution in [2.75, 3.05) is 5.32 Å².